The van der Waals surface area contributed by atoms with Gasteiger partial charge in [0.1, 0.15) is 17.2 Å². The van der Waals surface area contributed by atoms with Crippen molar-refractivity contribution in [1.82, 2.24) is 15.0 Å². The zero-order valence-corrected chi connectivity index (χ0v) is 17.6. The minimum atomic E-state index is -2.92. The molecule has 0 saturated carbocycles. The number of methoxy groups -OCH3 is 2. The number of Topliss-reactive ketones (excluding diaryl/α,β-unsaturated/α-hetero) is 1. The van der Waals surface area contributed by atoms with Crippen LogP contribution in [-0.4, -0.2) is 75.7 Å². The molecule has 1 N–H and O–H groups in total. The van der Waals surface area contributed by atoms with Crippen molar-refractivity contribution in [1.29, 1.82) is 0 Å². The van der Waals surface area contributed by atoms with Crippen LogP contribution in [0.3, 0.4) is 0 Å². The monoisotopic (exact) mass is 465 g/mol. The van der Waals surface area contributed by atoms with Crippen LogP contribution in [0, 0.1) is 0 Å². The van der Waals surface area contributed by atoms with E-state index >= 15 is 0 Å². The standard InChI is InChI=1S/C16H15F2N3O4S.C3H6O.Na.H/c1-23-13-5-6-19-12(14(13)24-2)8-26(22)16-20-10-4-3-9(25-15(17)18)7-11(10)21-16;1-3(2)4;;/h3-7,15H,8H2,1-2H3,(H,20,21);1-2H3;;. The van der Waals surface area contributed by atoms with Crippen molar-refractivity contribution in [2.45, 2.75) is 31.4 Å². The first kappa shape index (κ1) is 27.1. The summed E-state index contributed by atoms with van der Waals surface area (Å²) in [5.74, 6) is 1.06. The van der Waals surface area contributed by atoms with Crippen LogP contribution in [0.25, 0.3) is 11.0 Å². The molecule has 8 nitrogen and oxygen atoms in total. The summed E-state index contributed by atoms with van der Waals surface area (Å²) in [6, 6.07) is 5.90. The van der Waals surface area contributed by atoms with E-state index in [1.807, 2.05) is 0 Å². The maximum atomic E-state index is 12.6. The number of fused-ring (bicyclic) bond motifs is 1. The van der Waals surface area contributed by atoms with Gasteiger partial charge in [0.25, 0.3) is 0 Å². The second-order valence-corrected chi connectivity index (χ2v) is 7.36. The Morgan fingerprint density at radius 3 is 2.48 bits per heavy atom. The molecule has 0 aliphatic rings. The summed E-state index contributed by atoms with van der Waals surface area (Å²) in [6.07, 6.45) is 1.53. The van der Waals surface area contributed by atoms with Gasteiger partial charge in [-0.25, -0.2) is 0 Å². The average Bonchev–Trinajstić information content (AvgIpc) is 3.10. The number of carbonyl (C=O) groups is 1. The number of nitrogens with zero attached hydrogens (tertiary/aromatic N) is 2. The minimum absolute atomic E-state index is 0. The summed E-state index contributed by atoms with van der Waals surface area (Å²) in [7, 11) is 2.97. The summed E-state index contributed by atoms with van der Waals surface area (Å²) in [5, 5.41) is 0.195. The molecule has 12 heteroatoms. The van der Waals surface area contributed by atoms with Gasteiger partial charge in [-0.1, -0.05) is 0 Å². The van der Waals surface area contributed by atoms with E-state index in [2.05, 4.69) is 19.7 Å². The summed E-state index contributed by atoms with van der Waals surface area (Å²) in [4.78, 5) is 20.7. The van der Waals surface area contributed by atoms with Crippen molar-refractivity contribution in [3.05, 3.63) is 36.2 Å². The Labute approximate surface area is 203 Å². The molecule has 0 bridgehead atoms. The molecule has 1 unspecified atom stereocenters. The predicted molar refractivity (Wildman–Crippen MR) is 114 cm³/mol. The SMILES string of the molecule is CC(C)=O.COc1ccnc(C[S+]([O-])c2nc3cc(OC(F)F)ccc3[nH]2)c1OC.[NaH]. The van der Waals surface area contributed by atoms with Gasteiger partial charge in [0.2, 0.25) is 0 Å². The second kappa shape index (κ2) is 12.8. The van der Waals surface area contributed by atoms with E-state index < -0.39 is 17.8 Å². The first-order valence-corrected chi connectivity index (χ1v) is 9.93. The fraction of sp³-hybridized carbons (Fsp3) is 0.316. The number of aromatic nitrogens is 3. The fourth-order valence-electron chi connectivity index (χ4n) is 2.39. The Hall–Kier alpha value is -1.92. The second-order valence-electron chi connectivity index (χ2n) is 5.99. The molecule has 3 rings (SSSR count). The molecular weight excluding hydrogens is 443 g/mol. The Morgan fingerprint density at radius 1 is 1.23 bits per heavy atom. The predicted octanol–water partition coefficient (Wildman–Crippen LogP) is 2.83. The van der Waals surface area contributed by atoms with E-state index in [0.717, 1.165) is 0 Å². The third kappa shape index (κ3) is 7.93. The van der Waals surface area contributed by atoms with E-state index in [0.29, 0.717) is 28.2 Å². The molecule has 0 aliphatic heterocycles. The van der Waals surface area contributed by atoms with Crippen molar-refractivity contribution in [3.8, 4) is 17.2 Å². The topological polar surface area (TPSA) is 109 Å². The number of alkyl halides is 2. The molecule has 0 fully saturated rings. The van der Waals surface area contributed by atoms with Crippen LogP contribution in [0.4, 0.5) is 8.78 Å². The summed E-state index contributed by atoms with van der Waals surface area (Å²) >= 11 is -1.56. The molecular formula is C19H22F2N3NaO5S. The average molecular weight is 465 g/mol. The molecule has 31 heavy (non-hydrogen) atoms. The summed E-state index contributed by atoms with van der Waals surface area (Å²) in [6.45, 7) is 0.131. The molecule has 0 amide bonds. The third-order valence-electron chi connectivity index (χ3n) is 3.51. The van der Waals surface area contributed by atoms with Crippen LogP contribution in [0.2, 0.25) is 0 Å². The summed E-state index contributed by atoms with van der Waals surface area (Å²) < 4.78 is 52.1. The summed E-state index contributed by atoms with van der Waals surface area (Å²) in [5.41, 5.74) is 1.38. The number of pyridine rings is 1. The van der Waals surface area contributed by atoms with Gasteiger partial charge in [-0.15, -0.1) is 0 Å². The number of halogens is 2. The molecule has 2 aromatic heterocycles. The molecule has 1 atom stereocenters. The van der Waals surface area contributed by atoms with Gasteiger partial charge in [-0.3, -0.25) is 9.97 Å². The molecule has 0 spiro atoms. The zero-order chi connectivity index (χ0) is 22.3. The van der Waals surface area contributed by atoms with Gasteiger partial charge in [-0.2, -0.15) is 13.8 Å². The van der Waals surface area contributed by atoms with Crippen molar-refractivity contribution < 1.29 is 32.3 Å². The van der Waals surface area contributed by atoms with Crippen molar-refractivity contribution >= 4 is 57.5 Å². The van der Waals surface area contributed by atoms with Crippen molar-refractivity contribution in [3.63, 3.8) is 0 Å². The van der Waals surface area contributed by atoms with Crippen LogP contribution in [-0.2, 0) is 21.7 Å². The number of aromatic amines is 1. The molecule has 3 aromatic rings. The van der Waals surface area contributed by atoms with Crippen LogP contribution in [0.5, 0.6) is 17.2 Å². The number of imidazole rings is 1. The number of benzene rings is 1. The molecule has 0 aliphatic carbocycles. The Morgan fingerprint density at radius 2 is 1.90 bits per heavy atom. The normalized spacial score (nSPS) is 11.2. The fourth-order valence-corrected chi connectivity index (χ4v) is 3.41. The molecule has 164 valence electrons. The number of nitrogens with one attached hydrogen (secondary N) is 1. The van der Waals surface area contributed by atoms with Crippen LogP contribution in [0.1, 0.15) is 19.5 Å². The number of ether oxygens (including phenoxy) is 3. The van der Waals surface area contributed by atoms with Gasteiger partial charge in [-0.05, 0) is 26.0 Å². The first-order valence-electron chi connectivity index (χ1n) is 8.61. The molecule has 1 aromatic carbocycles. The molecule has 2 heterocycles. The van der Waals surface area contributed by atoms with Crippen LogP contribution < -0.4 is 14.2 Å². The van der Waals surface area contributed by atoms with Crippen molar-refractivity contribution in [2.24, 2.45) is 0 Å². The number of hydrogen-bond acceptors (Lipinski definition) is 7. The molecule has 0 radical (unpaired) electrons. The van der Waals surface area contributed by atoms with Gasteiger partial charge < -0.3 is 23.6 Å². The first-order chi connectivity index (χ1) is 14.2. The van der Waals surface area contributed by atoms with Gasteiger partial charge in [0.05, 0.1) is 25.3 Å². The van der Waals surface area contributed by atoms with E-state index in [1.54, 1.807) is 6.07 Å². The van der Waals surface area contributed by atoms with E-state index in [1.165, 1.54) is 52.5 Å². The number of H-pyrrole nitrogens is 1. The van der Waals surface area contributed by atoms with Gasteiger partial charge in [0.15, 0.2) is 17.3 Å². The van der Waals surface area contributed by atoms with Crippen molar-refractivity contribution in [2.75, 3.05) is 14.2 Å². The maximum absolute atomic E-state index is 12.6. The third-order valence-corrected chi connectivity index (χ3v) is 4.67. The number of carbonyl (C=O) groups excluding carboxylic acids is 1. The number of hydrogen-bond donors (Lipinski definition) is 1. The van der Waals surface area contributed by atoms with Gasteiger partial charge in [0, 0.05) is 29.5 Å². The zero-order valence-electron chi connectivity index (χ0n) is 16.8. The Balaban J connectivity index is 0.000000885. The van der Waals surface area contributed by atoms with Gasteiger partial charge >= 0.3 is 41.3 Å². The Bertz CT molecular complexity index is 1000. The van der Waals surface area contributed by atoms with E-state index in [9.17, 15) is 18.1 Å². The van der Waals surface area contributed by atoms with E-state index in [4.69, 9.17) is 9.47 Å². The number of ketones is 1. The van der Waals surface area contributed by atoms with Crippen LogP contribution in [0.15, 0.2) is 35.6 Å². The molecule has 0 saturated heterocycles. The number of rotatable bonds is 7. The Kier molecular flexibility index (Phi) is 11.2. The quantitative estimate of drug-likeness (QED) is 0.422. The van der Waals surface area contributed by atoms with Crippen LogP contribution >= 0.6 is 0 Å². The van der Waals surface area contributed by atoms with E-state index in [-0.39, 0.29) is 52.0 Å².